The summed E-state index contributed by atoms with van der Waals surface area (Å²) < 4.78 is 12.5. The molecule has 0 bridgehead atoms. The predicted octanol–water partition coefficient (Wildman–Crippen LogP) is 11.1. The number of benzene rings is 4. The van der Waals surface area contributed by atoms with E-state index in [1.807, 2.05) is 30.1 Å². The average Bonchev–Trinajstić information content (AvgIpc) is 3.81. The molecule has 1 aliphatic heterocycles. The van der Waals surface area contributed by atoms with Crippen LogP contribution in [0.1, 0.15) is 140 Å². The van der Waals surface area contributed by atoms with E-state index in [0.717, 1.165) is 56.0 Å². The maximum Gasteiger partial charge on any atom is 0.242 e. The van der Waals surface area contributed by atoms with Gasteiger partial charge in [-0.25, -0.2) is 0 Å². The van der Waals surface area contributed by atoms with Crippen LogP contribution in [0.5, 0.6) is 11.5 Å². The summed E-state index contributed by atoms with van der Waals surface area (Å²) in [6.45, 7) is 27.6. The molecule has 1 saturated heterocycles. The monoisotopic (exact) mass is 716 g/mol. The number of carbonyl (C=O) groups is 1. The van der Waals surface area contributed by atoms with Gasteiger partial charge in [0.2, 0.25) is 5.91 Å². The van der Waals surface area contributed by atoms with E-state index in [1.165, 1.54) is 0 Å². The highest BCUT2D eigenvalue weighted by Gasteiger charge is 2.58. The third-order valence-electron chi connectivity index (χ3n) is 10.7. The first kappa shape index (κ1) is 40.1. The van der Waals surface area contributed by atoms with Crippen LogP contribution in [0.3, 0.4) is 0 Å². The molecule has 4 aromatic rings. The van der Waals surface area contributed by atoms with Gasteiger partial charge < -0.3 is 14.4 Å². The summed E-state index contributed by atoms with van der Waals surface area (Å²) in [5.74, 6) is 2.00. The summed E-state index contributed by atoms with van der Waals surface area (Å²) in [6.07, 6.45) is 0. The Hall–Kier alpha value is -4.09. The predicted molar refractivity (Wildman–Crippen MR) is 220 cm³/mol. The molecule has 0 saturated carbocycles. The van der Waals surface area contributed by atoms with Gasteiger partial charge in [0.25, 0.3) is 0 Å². The highest BCUT2D eigenvalue weighted by molar-refractivity contribution is 5.86. The smallest absolute Gasteiger partial charge is 0.242 e. The fourth-order valence-corrected chi connectivity index (χ4v) is 7.82. The van der Waals surface area contributed by atoms with Gasteiger partial charge in [-0.3, -0.25) is 9.69 Å². The Morgan fingerprint density at radius 2 is 0.981 bits per heavy atom. The Kier molecular flexibility index (Phi) is 11.1. The van der Waals surface area contributed by atoms with Crippen LogP contribution in [0.4, 0.5) is 0 Å². The van der Waals surface area contributed by atoms with E-state index in [1.54, 1.807) is 14.2 Å². The molecule has 0 radical (unpaired) electrons. The molecule has 5 heteroatoms. The molecule has 1 heterocycles. The standard InChI is InChI=1S/C48H64N2O3/c1-45(2,3)35-26-33(27-36(42(35)52-14)46(4,5)6)39(34-28-37(47(7,8)9)43(53-15)38(29-34)48(10,11)12)50-40(32-24-20-17-21-25-32)41(50)44(51)49(13)30-31-22-18-16-19-23-31/h16-29,39-41H,30H2,1-15H3/t40-,41-,50?/m1/s1. The van der Waals surface area contributed by atoms with Gasteiger partial charge in [-0.05, 0) is 68.2 Å². The normalized spacial score (nSPS) is 17.8. The lowest BCUT2D eigenvalue weighted by Gasteiger charge is -2.34. The number of carbonyl (C=O) groups excluding carboxylic acids is 1. The molecule has 53 heavy (non-hydrogen) atoms. The third-order valence-corrected chi connectivity index (χ3v) is 10.7. The number of nitrogens with zero attached hydrogens (tertiary/aromatic N) is 2. The van der Waals surface area contributed by atoms with Crippen molar-refractivity contribution in [2.45, 2.75) is 129 Å². The summed E-state index contributed by atoms with van der Waals surface area (Å²) in [5.41, 5.74) is 8.46. The highest BCUT2D eigenvalue weighted by atomic mass is 16.5. The molecule has 0 aromatic heterocycles. The van der Waals surface area contributed by atoms with E-state index < -0.39 is 0 Å². The number of hydrogen-bond donors (Lipinski definition) is 0. The number of ether oxygens (including phenoxy) is 2. The van der Waals surface area contributed by atoms with Crippen molar-refractivity contribution < 1.29 is 14.3 Å². The molecule has 1 amide bonds. The topological polar surface area (TPSA) is 41.8 Å². The third kappa shape index (κ3) is 8.36. The molecule has 0 spiro atoms. The second-order valence-electron chi connectivity index (χ2n) is 19.1. The summed E-state index contributed by atoms with van der Waals surface area (Å²) in [7, 11) is 5.52. The van der Waals surface area contributed by atoms with E-state index in [-0.39, 0.29) is 45.7 Å². The van der Waals surface area contributed by atoms with Gasteiger partial charge in [0.05, 0.1) is 26.3 Å². The Morgan fingerprint density at radius 3 is 1.32 bits per heavy atom. The fraction of sp³-hybridized carbons (Fsp3) is 0.479. The second-order valence-corrected chi connectivity index (χ2v) is 19.1. The molecule has 5 nitrogen and oxygen atoms in total. The van der Waals surface area contributed by atoms with Crippen LogP contribution in [0.25, 0.3) is 0 Å². The fourth-order valence-electron chi connectivity index (χ4n) is 7.82. The zero-order valence-electron chi connectivity index (χ0n) is 35.1. The summed E-state index contributed by atoms with van der Waals surface area (Å²) in [6, 6.07) is 29.5. The molecule has 1 unspecified atom stereocenters. The lowest BCUT2D eigenvalue weighted by atomic mass is 9.75. The van der Waals surface area contributed by atoms with Crippen LogP contribution in [0.15, 0.2) is 84.9 Å². The van der Waals surface area contributed by atoms with Crippen molar-refractivity contribution in [2.24, 2.45) is 0 Å². The number of likely N-dealkylation sites (N-methyl/N-ethyl adjacent to an activating group) is 1. The Morgan fingerprint density at radius 1 is 0.623 bits per heavy atom. The van der Waals surface area contributed by atoms with Crippen molar-refractivity contribution in [3.05, 3.63) is 129 Å². The van der Waals surface area contributed by atoms with Gasteiger partial charge in [-0.1, -0.05) is 144 Å². The van der Waals surface area contributed by atoms with E-state index in [4.69, 9.17) is 9.47 Å². The van der Waals surface area contributed by atoms with Gasteiger partial charge in [0.15, 0.2) is 0 Å². The van der Waals surface area contributed by atoms with Crippen molar-refractivity contribution >= 4 is 5.91 Å². The molecule has 5 rings (SSSR count). The van der Waals surface area contributed by atoms with Gasteiger partial charge in [0, 0.05) is 35.8 Å². The molecular weight excluding hydrogens is 653 g/mol. The van der Waals surface area contributed by atoms with E-state index in [0.29, 0.717) is 6.54 Å². The first-order valence-electron chi connectivity index (χ1n) is 19.2. The number of methoxy groups -OCH3 is 2. The number of amides is 1. The van der Waals surface area contributed by atoms with Gasteiger partial charge in [0.1, 0.15) is 17.5 Å². The molecule has 3 atom stereocenters. The Bertz CT molecular complexity index is 1750. The van der Waals surface area contributed by atoms with Gasteiger partial charge in [-0.2, -0.15) is 0 Å². The highest BCUT2D eigenvalue weighted by Crippen LogP contribution is 2.55. The summed E-state index contributed by atoms with van der Waals surface area (Å²) in [5, 5.41) is 0. The lowest BCUT2D eigenvalue weighted by Crippen LogP contribution is -2.33. The van der Waals surface area contributed by atoms with Crippen LogP contribution in [0.2, 0.25) is 0 Å². The SMILES string of the molecule is COc1c(C(C)(C)C)cc(C(c2cc(C(C)(C)C)c(OC)c(C(C)(C)C)c2)N2[C@H](c3ccccc3)[C@@H]2C(=O)N(C)Cc2ccccc2)cc1C(C)(C)C. The van der Waals surface area contributed by atoms with Crippen LogP contribution in [0, 0.1) is 0 Å². The van der Waals surface area contributed by atoms with Crippen molar-refractivity contribution in [3.63, 3.8) is 0 Å². The largest absolute Gasteiger partial charge is 0.496 e. The average molecular weight is 717 g/mol. The molecule has 1 aliphatic rings. The Balaban J connectivity index is 1.85. The van der Waals surface area contributed by atoms with Gasteiger partial charge >= 0.3 is 0 Å². The van der Waals surface area contributed by atoms with Crippen molar-refractivity contribution in [2.75, 3.05) is 21.3 Å². The maximum atomic E-state index is 14.8. The number of hydrogen-bond acceptors (Lipinski definition) is 4. The van der Waals surface area contributed by atoms with E-state index in [2.05, 4.69) is 155 Å². The summed E-state index contributed by atoms with van der Waals surface area (Å²) in [4.78, 5) is 19.2. The molecule has 284 valence electrons. The van der Waals surface area contributed by atoms with Crippen molar-refractivity contribution in [1.82, 2.24) is 9.80 Å². The van der Waals surface area contributed by atoms with Crippen LogP contribution >= 0.6 is 0 Å². The molecule has 0 N–H and O–H groups in total. The van der Waals surface area contributed by atoms with Crippen LogP contribution < -0.4 is 9.47 Å². The minimum Gasteiger partial charge on any atom is -0.496 e. The second kappa shape index (κ2) is 14.6. The molecule has 4 aromatic carbocycles. The summed E-state index contributed by atoms with van der Waals surface area (Å²) >= 11 is 0. The van der Waals surface area contributed by atoms with Crippen LogP contribution in [-0.2, 0) is 33.0 Å². The first-order valence-corrected chi connectivity index (χ1v) is 19.2. The minimum absolute atomic E-state index is 0.108. The van der Waals surface area contributed by atoms with Gasteiger partial charge in [-0.15, -0.1) is 0 Å². The minimum atomic E-state index is -0.354. The first-order chi connectivity index (χ1) is 24.6. The maximum absolute atomic E-state index is 14.8. The quantitative estimate of drug-likeness (QED) is 0.162. The zero-order valence-corrected chi connectivity index (χ0v) is 35.1. The van der Waals surface area contributed by atoms with E-state index >= 15 is 0 Å². The van der Waals surface area contributed by atoms with E-state index in [9.17, 15) is 4.79 Å². The Labute approximate surface area is 320 Å². The number of rotatable bonds is 9. The van der Waals surface area contributed by atoms with Crippen molar-refractivity contribution in [1.29, 1.82) is 0 Å². The molecular formula is C48H64N2O3. The molecule has 1 fully saturated rings. The lowest BCUT2D eigenvalue weighted by molar-refractivity contribution is -0.130. The van der Waals surface area contributed by atoms with Crippen molar-refractivity contribution in [3.8, 4) is 11.5 Å². The molecule has 0 aliphatic carbocycles. The zero-order chi connectivity index (χ0) is 39.3. The van der Waals surface area contributed by atoms with Crippen LogP contribution in [-0.4, -0.2) is 43.0 Å².